The molecule has 2 unspecified atom stereocenters. The van der Waals surface area contributed by atoms with E-state index < -0.39 is 8.07 Å². The monoisotopic (exact) mass is 204 g/mol. The van der Waals surface area contributed by atoms with Crippen molar-refractivity contribution in [2.75, 3.05) is 6.61 Å². The quantitative estimate of drug-likeness (QED) is 0.639. The summed E-state index contributed by atoms with van der Waals surface area (Å²) in [7, 11) is -1.14. The fraction of sp³-hybridized carbons (Fsp3) is 0.500. The van der Waals surface area contributed by atoms with Crippen LogP contribution in [0.25, 0.3) is 0 Å². The highest BCUT2D eigenvalue weighted by Crippen LogP contribution is 2.62. The molecule has 2 heteroatoms. The SMILES string of the molecule is C[Si]1(C)CC2COC21c1ccccc1. The van der Waals surface area contributed by atoms with Crippen molar-refractivity contribution in [2.24, 2.45) is 5.92 Å². The van der Waals surface area contributed by atoms with E-state index in [9.17, 15) is 0 Å². The molecule has 0 saturated carbocycles. The Morgan fingerprint density at radius 1 is 1.29 bits per heavy atom. The molecule has 0 bridgehead atoms. The largest absolute Gasteiger partial charge is 0.373 e. The van der Waals surface area contributed by atoms with Crippen LogP contribution in [0.4, 0.5) is 0 Å². The van der Waals surface area contributed by atoms with Gasteiger partial charge in [0, 0.05) is 5.92 Å². The van der Waals surface area contributed by atoms with Crippen LogP contribution in [0, 0.1) is 5.92 Å². The molecule has 0 radical (unpaired) electrons. The highest BCUT2D eigenvalue weighted by molar-refractivity contribution is 6.83. The molecule has 0 amide bonds. The van der Waals surface area contributed by atoms with Crippen molar-refractivity contribution in [2.45, 2.75) is 24.4 Å². The van der Waals surface area contributed by atoms with Crippen LogP contribution in [-0.2, 0) is 9.96 Å². The van der Waals surface area contributed by atoms with E-state index in [0.717, 1.165) is 12.5 Å². The zero-order chi connectivity index (χ0) is 9.81. The van der Waals surface area contributed by atoms with E-state index >= 15 is 0 Å². The summed E-state index contributed by atoms with van der Waals surface area (Å²) >= 11 is 0. The average molecular weight is 204 g/mol. The maximum Gasteiger partial charge on any atom is 0.0921 e. The minimum atomic E-state index is -1.14. The Bertz CT molecular complexity index is 360. The minimum Gasteiger partial charge on any atom is -0.373 e. The summed E-state index contributed by atoms with van der Waals surface area (Å²) < 4.78 is 5.98. The van der Waals surface area contributed by atoms with Gasteiger partial charge in [-0.2, -0.15) is 0 Å². The van der Waals surface area contributed by atoms with Gasteiger partial charge in [-0.25, -0.2) is 0 Å². The van der Waals surface area contributed by atoms with E-state index in [2.05, 4.69) is 43.4 Å². The Morgan fingerprint density at radius 3 is 2.43 bits per heavy atom. The molecule has 0 N–H and O–H groups in total. The van der Waals surface area contributed by atoms with Gasteiger partial charge in [0.1, 0.15) is 0 Å². The maximum atomic E-state index is 5.98. The number of rotatable bonds is 1. The smallest absolute Gasteiger partial charge is 0.0921 e. The Hall–Kier alpha value is -0.603. The van der Waals surface area contributed by atoms with E-state index in [4.69, 9.17) is 4.74 Å². The standard InChI is InChI=1S/C12H16OSi/c1-14(2)9-11-8-13-12(11,14)10-6-4-3-5-7-10/h3-7,11H,8-9H2,1-2H3. The maximum absolute atomic E-state index is 5.98. The van der Waals surface area contributed by atoms with Gasteiger partial charge in [-0.3, -0.25) is 0 Å². The van der Waals surface area contributed by atoms with Crippen molar-refractivity contribution in [3.8, 4) is 0 Å². The first-order chi connectivity index (χ1) is 6.67. The Balaban J connectivity index is 2.05. The van der Waals surface area contributed by atoms with Crippen LogP contribution in [0.3, 0.4) is 0 Å². The molecule has 2 aliphatic heterocycles. The van der Waals surface area contributed by atoms with Crippen molar-refractivity contribution in [3.05, 3.63) is 35.9 Å². The number of hydrogen-bond donors (Lipinski definition) is 0. The first-order valence-electron chi connectivity index (χ1n) is 5.36. The van der Waals surface area contributed by atoms with Gasteiger partial charge in [0.25, 0.3) is 0 Å². The third kappa shape index (κ3) is 0.794. The van der Waals surface area contributed by atoms with Gasteiger partial charge in [-0.05, 0) is 11.6 Å². The first-order valence-corrected chi connectivity index (χ1v) is 8.57. The normalized spacial score (nSPS) is 38.0. The van der Waals surface area contributed by atoms with Gasteiger partial charge in [0.15, 0.2) is 0 Å². The Labute approximate surface area is 86.1 Å². The number of hydrogen-bond acceptors (Lipinski definition) is 1. The summed E-state index contributed by atoms with van der Waals surface area (Å²) in [6.07, 6.45) is 0. The summed E-state index contributed by atoms with van der Waals surface area (Å²) in [4.78, 5) is 0. The van der Waals surface area contributed by atoms with Crippen LogP contribution in [0.1, 0.15) is 5.56 Å². The lowest BCUT2D eigenvalue weighted by Gasteiger charge is -2.67. The second kappa shape index (κ2) is 2.50. The fourth-order valence-electron chi connectivity index (χ4n) is 3.35. The molecule has 1 nitrogen and oxygen atoms in total. The molecule has 1 aromatic rings. The van der Waals surface area contributed by atoms with Crippen LogP contribution in [0.5, 0.6) is 0 Å². The Kier molecular flexibility index (Phi) is 1.55. The lowest BCUT2D eigenvalue weighted by Crippen LogP contribution is -2.75. The lowest BCUT2D eigenvalue weighted by atomic mass is 9.90. The van der Waals surface area contributed by atoms with Gasteiger partial charge in [0.2, 0.25) is 0 Å². The molecule has 3 rings (SSSR count). The molecule has 1 aromatic carbocycles. The lowest BCUT2D eigenvalue weighted by molar-refractivity contribution is -0.180. The fourth-order valence-corrected chi connectivity index (χ4v) is 7.64. The summed E-state index contributed by atoms with van der Waals surface area (Å²) in [6.45, 7) is 5.90. The molecule has 2 heterocycles. The van der Waals surface area contributed by atoms with Crippen molar-refractivity contribution < 1.29 is 4.74 Å². The highest BCUT2D eigenvalue weighted by Gasteiger charge is 2.69. The molecule has 74 valence electrons. The van der Waals surface area contributed by atoms with Crippen LogP contribution in [0.15, 0.2) is 30.3 Å². The Morgan fingerprint density at radius 2 is 2.00 bits per heavy atom. The van der Waals surface area contributed by atoms with E-state index in [1.165, 1.54) is 11.6 Å². The third-order valence-electron chi connectivity index (χ3n) is 4.05. The molecule has 2 atom stereocenters. The summed E-state index contributed by atoms with van der Waals surface area (Å²) in [6, 6.07) is 12.3. The minimum absolute atomic E-state index is 0.189. The molecule has 2 saturated heterocycles. The predicted octanol–water partition coefficient (Wildman–Crippen LogP) is 2.79. The van der Waals surface area contributed by atoms with E-state index in [-0.39, 0.29) is 5.22 Å². The van der Waals surface area contributed by atoms with Crippen molar-refractivity contribution in [1.82, 2.24) is 0 Å². The number of ether oxygens (including phenoxy) is 1. The molecule has 2 fully saturated rings. The number of benzene rings is 1. The van der Waals surface area contributed by atoms with Crippen LogP contribution in [0.2, 0.25) is 19.1 Å². The van der Waals surface area contributed by atoms with Crippen molar-refractivity contribution in [1.29, 1.82) is 0 Å². The van der Waals surface area contributed by atoms with Gasteiger partial charge in [-0.1, -0.05) is 43.4 Å². The van der Waals surface area contributed by atoms with Crippen LogP contribution >= 0.6 is 0 Å². The molecule has 14 heavy (non-hydrogen) atoms. The van der Waals surface area contributed by atoms with E-state index in [1.54, 1.807) is 0 Å². The van der Waals surface area contributed by atoms with Crippen molar-refractivity contribution in [3.63, 3.8) is 0 Å². The van der Waals surface area contributed by atoms with Crippen LogP contribution in [-0.4, -0.2) is 14.7 Å². The number of fused-ring (bicyclic) bond motifs is 1. The third-order valence-corrected chi connectivity index (χ3v) is 8.42. The zero-order valence-corrected chi connectivity index (χ0v) is 9.79. The second-order valence-corrected chi connectivity index (χ2v) is 10.1. The molecule has 0 aliphatic carbocycles. The van der Waals surface area contributed by atoms with Gasteiger partial charge >= 0.3 is 0 Å². The second-order valence-electron chi connectivity index (χ2n) is 5.20. The van der Waals surface area contributed by atoms with Crippen LogP contribution < -0.4 is 0 Å². The van der Waals surface area contributed by atoms with Gasteiger partial charge in [-0.15, -0.1) is 0 Å². The molecule has 0 aromatic heterocycles. The first kappa shape index (κ1) is 8.68. The zero-order valence-electron chi connectivity index (χ0n) is 8.79. The summed E-state index contributed by atoms with van der Waals surface area (Å²) in [5.41, 5.74) is 1.43. The summed E-state index contributed by atoms with van der Waals surface area (Å²) in [5, 5.41) is 0.189. The molecule has 2 aliphatic rings. The molecular weight excluding hydrogens is 188 g/mol. The van der Waals surface area contributed by atoms with Gasteiger partial charge < -0.3 is 4.74 Å². The average Bonchev–Trinajstić information content (AvgIpc) is 2.15. The van der Waals surface area contributed by atoms with Gasteiger partial charge in [0.05, 0.1) is 19.9 Å². The molecular formula is C12H16OSi. The van der Waals surface area contributed by atoms with Crippen molar-refractivity contribution >= 4 is 8.07 Å². The molecule has 0 spiro atoms. The highest BCUT2D eigenvalue weighted by atomic mass is 28.3. The van der Waals surface area contributed by atoms with E-state index in [1.807, 2.05) is 0 Å². The summed E-state index contributed by atoms with van der Waals surface area (Å²) in [5.74, 6) is 0.826. The predicted molar refractivity (Wildman–Crippen MR) is 59.9 cm³/mol. The topological polar surface area (TPSA) is 9.23 Å². The van der Waals surface area contributed by atoms with E-state index in [0.29, 0.717) is 0 Å².